The van der Waals surface area contributed by atoms with Crippen LogP contribution in [0.4, 0.5) is 0 Å². The molecule has 0 unspecified atom stereocenters. The standard InChI is InChI=1S/C8H12N6O2S/c1-2-14-7(10-5-12-14)3-13-4-8(11-6-13)17(9,15)16/h4-6H,2-3H2,1H3,(H2,9,15,16). The van der Waals surface area contributed by atoms with Crippen molar-refractivity contribution in [1.82, 2.24) is 24.3 Å². The summed E-state index contributed by atoms with van der Waals surface area (Å²) in [5, 5.41) is 8.83. The van der Waals surface area contributed by atoms with E-state index in [2.05, 4.69) is 15.1 Å². The Balaban J connectivity index is 2.23. The average molecular weight is 256 g/mol. The molecule has 2 heterocycles. The Labute approximate surface area is 98.1 Å². The maximum atomic E-state index is 11.0. The first-order valence-corrected chi connectivity index (χ1v) is 6.46. The summed E-state index contributed by atoms with van der Waals surface area (Å²) in [7, 11) is -3.75. The van der Waals surface area contributed by atoms with Crippen molar-refractivity contribution in [2.45, 2.75) is 25.0 Å². The zero-order chi connectivity index (χ0) is 12.5. The summed E-state index contributed by atoms with van der Waals surface area (Å²) in [5.41, 5.74) is 0. The van der Waals surface area contributed by atoms with Gasteiger partial charge in [0.2, 0.25) is 0 Å². The molecule has 2 rings (SSSR count). The SMILES string of the molecule is CCn1ncnc1Cn1cnc(S(N)(=O)=O)c1. The van der Waals surface area contributed by atoms with Crippen molar-refractivity contribution in [3.8, 4) is 0 Å². The van der Waals surface area contributed by atoms with Gasteiger partial charge in [-0.15, -0.1) is 0 Å². The maximum Gasteiger partial charge on any atom is 0.257 e. The highest BCUT2D eigenvalue weighted by atomic mass is 32.2. The van der Waals surface area contributed by atoms with Crippen LogP contribution in [-0.4, -0.2) is 32.7 Å². The molecule has 0 fully saturated rings. The lowest BCUT2D eigenvalue weighted by Crippen LogP contribution is -2.12. The predicted molar refractivity (Wildman–Crippen MR) is 58.4 cm³/mol. The molecular formula is C8H12N6O2S. The minimum Gasteiger partial charge on any atom is -0.328 e. The maximum absolute atomic E-state index is 11.0. The summed E-state index contributed by atoms with van der Waals surface area (Å²) in [4.78, 5) is 7.79. The van der Waals surface area contributed by atoms with Crippen LogP contribution in [-0.2, 0) is 23.1 Å². The first-order valence-electron chi connectivity index (χ1n) is 4.92. The Bertz CT molecular complexity index is 614. The fourth-order valence-electron chi connectivity index (χ4n) is 1.41. The van der Waals surface area contributed by atoms with Crippen molar-refractivity contribution in [3.05, 3.63) is 24.7 Å². The van der Waals surface area contributed by atoms with E-state index in [9.17, 15) is 8.42 Å². The smallest absolute Gasteiger partial charge is 0.257 e. The van der Waals surface area contributed by atoms with Crippen LogP contribution in [0.15, 0.2) is 23.9 Å². The lowest BCUT2D eigenvalue weighted by molar-refractivity contribution is 0.589. The molecule has 0 amide bonds. The lowest BCUT2D eigenvalue weighted by Gasteiger charge is -2.02. The van der Waals surface area contributed by atoms with Gasteiger partial charge in [0.15, 0.2) is 5.03 Å². The fraction of sp³-hybridized carbons (Fsp3) is 0.375. The van der Waals surface area contributed by atoms with Gasteiger partial charge in [-0.3, -0.25) is 0 Å². The molecule has 92 valence electrons. The van der Waals surface area contributed by atoms with Crippen molar-refractivity contribution < 1.29 is 8.42 Å². The highest BCUT2D eigenvalue weighted by Gasteiger charge is 2.12. The summed E-state index contributed by atoms with van der Waals surface area (Å²) in [5.74, 6) is 0.728. The second-order valence-electron chi connectivity index (χ2n) is 3.42. The van der Waals surface area contributed by atoms with E-state index in [1.165, 1.54) is 18.9 Å². The second kappa shape index (κ2) is 4.26. The van der Waals surface area contributed by atoms with E-state index in [1.807, 2.05) is 6.92 Å². The number of nitrogens with zero attached hydrogens (tertiary/aromatic N) is 5. The number of aromatic nitrogens is 5. The molecule has 0 aliphatic carbocycles. The number of primary sulfonamides is 1. The minimum absolute atomic E-state index is 0.153. The van der Waals surface area contributed by atoms with Gasteiger partial charge < -0.3 is 4.57 Å². The van der Waals surface area contributed by atoms with Gasteiger partial charge in [0.05, 0.1) is 12.9 Å². The van der Waals surface area contributed by atoms with E-state index in [1.54, 1.807) is 9.25 Å². The van der Waals surface area contributed by atoms with Crippen molar-refractivity contribution in [1.29, 1.82) is 0 Å². The Kier molecular flexibility index (Phi) is 2.94. The number of sulfonamides is 1. The Morgan fingerprint density at radius 2 is 2.18 bits per heavy atom. The first-order chi connectivity index (χ1) is 8.00. The number of rotatable bonds is 4. The van der Waals surface area contributed by atoms with E-state index >= 15 is 0 Å². The molecule has 0 aliphatic heterocycles. The average Bonchev–Trinajstić information content (AvgIpc) is 2.86. The van der Waals surface area contributed by atoms with E-state index in [0.717, 1.165) is 5.82 Å². The van der Waals surface area contributed by atoms with Gasteiger partial charge in [-0.05, 0) is 6.92 Å². The Morgan fingerprint density at radius 3 is 2.76 bits per heavy atom. The summed E-state index contributed by atoms with van der Waals surface area (Å²) < 4.78 is 25.4. The summed E-state index contributed by atoms with van der Waals surface area (Å²) in [6.45, 7) is 3.05. The minimum atomic E-state index is -3.75. The third-order valence-electron chi connectivity index (χ3n) is 2.22. The van der Waals surface area contributed by atoms with E-state index in [0.29, 0.717) is 13.1 Å². The van der Waals surface area contributed by atoms with Gasteiger partial charge in [0.1, 0.15) is 12.2 Å². The molecular weight excluding hydrogens is 244 g/mol. The van der Waals surface area contributed by atoms with Crippen molar-refractivity contribution >= 4 is 10.0 Å². The molecule has 0 bridgehead atoms. The van der Waals surface area contributed by atoms with Crippen LogP contribution in [0, 0.1) is 0 Å². The van der Waals surface area contributed by atoms with Crippen LogP contribution in [0.5, 0.6) is 0 Å². The number of hydrogen-bond acceptors (Lipinski definition) is 5. The van der Waals surface area contributed by atoms with E-state index in [-0.39, 0.29) is 5.03 Å². The van der Waals surface area contributed by atoms with Crippen LogP contribution < -0.4 is 5.14 Å². The van der Waals surface area contributed by atoms with E-state index in [4.69, 9.17) is 5.14 Å². The molecule has 0 spiro atoms. The van der Waals surface area contributed by atoms with Gasteiger partial charge in [0, 0.05) is 12.7 Å². The Hall–Kier alpha value is -1.74. The molecule has 8 nitrogen and oxygen atoms in total. The van der Waals surface area contributed by atoms with E-state index < -0.39 is 10.0 Å². The highest BCUT2D eigenvalue weighted by molar-refractivity contribution is 7.89. The lowest BCUT2D eigenvalue weighted by atomic mass is 10.5. The summed E-state index contributed by atoms with van der Waals surface area (Å²) >= 11 is 0. The molecule has 17 heavy (non-hydrogen) atoms. The topological polar surface area (TPSA) is 109 Å². The highest BCUT2D eigenvalue weighted by Crippen LogP contribution is 2.04. The fourth-order valence-corrected chi connectivity index (χ4v) is 1.89. The third-order valence-corrected chi connectivity index (χ3v) is 3.01. The molecule has 2 aromatic heterocycles. The summed E-state index contributed by atoms with van der Waals surface area (Å²) in [6, 6.07) is 0. The molecule has 0 radical (unpaired) electrons. The molecule has 2 N–H and O–H groups in total. The van der Waals surface area contributed by atoms with Crippen LogP contribution >= 0.6 is 0 Å². The molecule has 0 saturated carbocycles. The van der Waals surface area contributed by atoms with Crippen molar-refractivity contribution in [3.63, 3.8) is 0 Å². The second-order valence-corrected chi connectivity index (χ2v) is 4.93. The first kappa shape index (κ1) is 11.7. The molecule has 2 aromatic rings. The third kappa shape index (κ3) is 2.50. The van der Waals surface area contributed by atoms with Crippen LogP contribution in [0.1, 0.15) is 12.7 Å². The zero-order valence-corrected chi connectivity index (χ0v) is 10.0. The quantitative estimate of drug-likeness (QED) is 0.769. The molecule has 0 aromatic carbocycles. The van der Waals surface area contributed by atoms with Gasteiger partial charge in [0.25, 0.3) is 10.0 Å². The number of aryl methyl sites for hydroxylation is 1. The number of hydrogen-bond donors (Lipinski definition) is 1. The molecule has 0 atom stereocenters. The van der Waals surface area contributed by atoms with Crippen LogP contribution in [0.3, 0.4) is 0 Å². The molecule has 9 heteroatoms. The largest absolute Gasteiger partial charge is 0.328 e. The zero-order valence-electron chi connectivity index (χ0n) is 9.18. The number of nitrogens with two attached hydrogens (primary N) is 1. The van der Waals surface area contributed by atoms with Gasteiger partial charge in [-0.25, -0.2) is 28.2 Å². The number of imidazole rings is 1. The van der Waals surface area contributed by atoms with Gasteiger partial charge >= 0.3 is 0 Å². The van der Waals surface area contributed by atoms with Gasteiger partial charge in [-0.2, -0.15) is 5.10 Å². The van der Waals surface area contributed by atoms with Crippen LogP contribution in [0.2, 0.25) is 0 Å². The van der Waals surface area contributed by atoms with Crippen molar-refractivity contribution in [2.75, 3.05) is 0 Å². The van der Waals surface area contributed by atoms with Crippen LogP contribution in [0.25, 0.3) is 0 Å². The van der Waals surface area contributed by atoms with Gasteiger partial charge in [-0.1, -0.05) is 0 Å². The molecule has 0 saturated heterocycles. The monoisotopic (exact) mass is 256 g/mol. The normalized spacial score (nSPS) is 11.9. The molecule has 0 aliphatic rings. The predicted octanol–water partition coefficient (Wildman–Crippen LogP) is -0.810. The Morgan fingerprint density at radius 1 is 1.41 bits per heavy atom. The van der Waals surface area contributed by atoms with Crippen molar-refractivity contribution in [2.24, 2.45) is 5.14 Å². The summed E-state index contributed by atoms with van der Waals surface area (Å²) in [6.07, 6.45) is 4.22.